The average molecular weight is 655 g/mol. The Morgan fingerprint density at radius 3 is 2.31 bits per heavy atom. The van der Waals surface area contributed by atoms with E-state index in [1.807, 2.05) is 12.2 Å². The second-order valence-electron chi connectivity index (χ2n) is 11.4. The maximum absolute atomic E-state index is 14.9. The molecule has 2 saturated carbocycles. The number of aliphatic carboxylic acids is 1. The Morgan fingerprint density at radius 2 is 1.67 bits per heavy atom. The molecular weight excluding hydrogens is 624 g/mol. The molecule has 2 aromatic rings. The number of nitrogens with one attached hydrogen (secondary N) is 2. The number of halogens is 4. The van der Waals surface area contributed by atoms with Crippen molar-refractivity contribution in [2.75, 3.05) is 12.4 Å². The van der Waals surface area contributed by atoms with E-state index in [-0.39, 0.29) is 34.6 Å². The van der Waals surface area contributed by atoms with Crippen LogP contribution in [0.3, 0.4) is 0 Å². The number of carbonyl (C=O) groups is 3. The highest BCUT2D eigenvalue weighted by atomic mass is 32.2. The number of carboxylic acid groups (broad SMARTS) is 1. The third-order valence-corrected chi connectivity index (χ3v) is 10.1. The molecular formula is C30H30F4N2O8S. The number of sulfone groups is 1. The quantitative estimate of drug-likeness (QED) is 0.260. The molecule has 0 radical (unpaired) electrons. The number of carbonyl (C=O) groups excluding carboxylic acids is 2. The molecule has 0 aliphatic heterocycles. The molecule has 0 saturated heterocycles. The molecule has 0 spiro atoms. The Hall–Kier alpha value is -4.14. The maximum atomic E-state index is 14.9. The Labute approximate surface area is 255 Å². The fraction of sp³-hybridized carbons (Fsp3) is 0.433. The van der Waals surface area contributed by atoms with Crippen LogP contribution in [0.1, 0.15) is 42.5 Å². The molecule has 242 valence electrons. The monoisotopic (exact) mass is 654 g/mol. The number of ether oxygens (including phenoxy) is 2. The number of allylic oxidation sites excluding steroid dienone is 1. The summed E-state index contributed by atoms with van der Waals surface area (Å²) in [6, 6.07) is 5.26. The lowest BCUT2D eigenvalue weighted by atomic mass is 9.87. The van der Waals surface area contributed by atoms with Crippen molar-refractivity contribution < 1.29 is 54.9 Å². The van der Waals surface area contributed by atoms with Gasteiger partial charge in [-0.15, -0.1) is 0 Å². The molecule has 15 heteroatoms. The lowest BCUT2D eigenvalue weighted by molar-refractivity contribution is -0.143. The zero-order valence-electron chi connectivity index (χ0n) is 23.8. The molecule has 45 heavy (non-hydrogen) atoms. The van der Waals surface area contributed by atoms with Crippen LogP contribution in [0.2, 0.25) is 0 Å². The first kappa shape index (κ1) is 32.3. The fourth-order valence-electron chi connectivity index (χ4n) is 6.28. The maximum Gasteiger partial charge on any atom is 0.501 e. The van der Waals surface area contributed by atoms with Gasteiger partial charge < -0.3 is 25.2 Å². The van der Waals surface area contributed by atoms with Gasteiger partial charge >= 0.3 is 11.5 Å². The van der Waals surface area contributed by atoms with Gasteiger partial charge in [-0.25, -0.2) is 12.8 Å². The summed E-state index contributed by atoms with van der Waals surface area (Å²) in [6.07, 6.45) is 5.24. The largest absolute Gasteiger partial charge is 0.501 e. The number of benzene rings is 2. The number of carboxylic acids is 1. The van der Waals surface area contributed by atoms with E-state index >= 15 is 0 Å². The number of fused-ring (bicyclic) bond motifs is 2. The molecule has 2 fully saturated rings. The van der Waals surface area contributed by atoms with Gasteiger partial charge in [0.15, 0.2) is 11.6 Å². The molecule has 4 atom stereocenters. The average Bonchev–Trinajstić information content (AvgIpc) is 3.60. The van der Waals surface area contributed by atoms with E-state index in [1.165, 1.54) is 19.2 Å². The Morgan fingerprint density at radius 1 is 0.978 bits per heavy atom. The summed E-state index contributed by atoms with van der Waals surface area (Å²) in [5.41, 5.74) is -5.75. The van der Waals surface area contributed by atoms with Gasteiger partial charge in [-0.3, -0.25) is 14.4 Å². The van der Waals surface area contributed by atoms with Crippen molar-refractivity contribution in [2.45, 2.75) is 54.7 Å². The molecule has 2 amide bonds. The lowest BCUT2D eigenvalue weighted by Gasteiger charge is -2.29. The number of methoxy groups -OCH3 is 1. The minimum Gasteiger partial charge on any atom is -0.496 e. The summed E-state index contributed by atoms with van der Waals surface area (Å²) in [6.45, 7) is 0. The molecule has 3 aliphatic carbocycles. The van der Waals surface area contributed by atoms with Crippen molar-refractivity contribution in [1.29, 1.82) is 0 Å². The van der Waals surface area contributed by atoms with Crippen molar-refractivity contribution in [3.05, 3.63) is 59.9 Å². The molecule has 5 rings (SSSR count). The van der Waals surface area contributed by atoms with Crippen LogP contribution in [0.5, 0.6) is 11.5 Å². The summed E-state index contributed by atoms with van der Waals surface area (Å²) in [5, 5.41) is 14.5. The topological polar surface area (TPSA) is 148 Å². The van der Waals surface area contributed by atoms with Gasteiger partial charge in [-0.05, 0) is 68.2 Å². The van der Waals surface area contributed by atoms with Crippen molar-refractivity contribution >= 4 is 33.3 Å². The van der Waals surface area contributed by atoms with E-state index < -0.39 is 67.8 Å². The predicted octanol–water partition coefficient (Wildman–Crippen LogP) is 4.71. The van der Waals surface area contributed by atoms with Gasteiger partial charge in [0.25, 0.3) is 15.7 Å². The third-order valence-electron chi connectivity index (χ3n) is 8.59. The Bertz CT molecular complexity index is 1640. The number of alkyl halides is 3. The van der Waals surface area contributed by atoms with E-state index in [2.05, 4.69) is 10.6 Å². The summed E-state index contributed by atoms with van der Waals surface area (Å²) < 4.78 is 88.8. The summed E-state index contributed by atoms with van der Waals surface area (Å²) in [5.74, 6) is -5.20. The van der Waals surface area contributed by atoms with Gasteiger partial charge in [0.05, 0.1) is 35.5 Å². The zero-order valence-corrected chi connectivity index (χ0v) is 24.7. The Kier molecular flexibility index (Phi) is 8.84. The van der Waals surface area contributed by atoms with Gasteiger partial charge in [-0.1, -0.05) is 18.2 Å². The fourth-order valence-corrected chi connectivity index (χ4v) is 7.09. The second-order valence-corrected chi connectivity index (χ2v) is 13.3. The first-order valence-electron chi connectivity index (χ1n) is 14.2. The molecule has 0 unspecified atom stereocenters. The predicted molar refractivity (Wildman–Crippen MR) is 151 cm³/mol. The highest BCUT2D eigenvalue weighted by Gasteiger charge is 2.50. The van der Waals surface area contributed by atoms with E-state index in [0.29, 0.717) is 32.1 Å². The molecule has 0 heterocycles. The minimum atomic E-state index is -5.64. The van der Waals surface area contributed by atoms with E-state index in [1.54, 1.807) is 0 Å². The van der Waals surface area contributed by atoms with Crippen LogP contribution in [-0.2, 0) is 19.4 Å². The van der Waals surface area contributed by atoms with Crippen LogP contribution in [0.15, 0.2) is 53.4 Å². The van der Waals surface area contributed by atoms with Crippen LogP contribution in [0.4, 0.5) is 23.2 Å². The number of rotatable bonds is 9. The number of anilines is 1. The van der Waals surface area contributed by atoms with Gasteiger partial charge in [0.2, 0.25) is 5.91 Å². The Balaban J connectivity index is 1.33. The number of hydrogen-bond acceptors (Lipinski definition) is 7. The summed E-state index contributed by atoms with van der Waals surface area (Å²) in [4.78, 5) is 37.2. The zero-order chi connectivity index (χ0) is 32.7. The van der Waals surface area contributed by atoms with Crippen LogP contribution < -0.4 is 20.1 Å². The van der Waals surface area contributed by atoms with Crippen molar-refractivity contribution in [2.24, 2.45) is 23.7 Å². The van der Waals surface area contributed by atoms with E-state index in [0.717, 1.165) is 24.3 Å². The van der Waals surface area contributed by atoms with Crippen LogP contribution >= 0.6 is 0 Å². The van der Waals surface area contributed by atoms with Crippen LogP contribution in [0, 0.1) is 29.5 Å². The van der Waals surface area contributed by atoms with E-state index in [4.69, 9.17) is 9.47 Å². The smallest absolute Gasteiger partial charge is 0.496 e. The molecule has 3 aliphatic rings. The molecule has 10 nitrogen and oxygen atoms in total. The van der Waals surface area contributed by atoms with Crippen molar-refractivity contribution in [3.63, 3.8) is 0 Å². The molecule has 3 N–H and O–H groups in total. The number of amides is 2. The lowest BCUT2D eigenvalue weighted by Crippen LogP contribution is -2.47. The molecule has 2 aromatic carbocycles. The first-order valence-corrected chi connectivity index (χ1v) is 15.7. The van der Waals surface area contributed by atoms with Gasteiger partial charge in [0.1, 0.15) is 5.75 Å². The molecule has 2 bridgehead atoms. The van der Waals surface area contributed by atoms with Gasteiger partial charge in [-0.2, -0.15) is 13.2 Å². The number of hydrogen-bond donors (Lipinski definition) is 3. The van der Waals surface area contributed by atoms with Crippen LogP contribution in [-0.4, -0.2) is 56.1 Å². The SMILES string of the molecule is COc1cc(F)c(OC2CCC(C(=O)O)CC2)cc1C(=O)N[C@@H]1[C@H](C(=O)Nc2cccc(S(=O)(=O)C(F)(F)F)c2)[C@H]2C=C[C@@H]1C2. The van der Waals surface area contributed by atoms with E-state index in [9.17, 15) is 45.5 Å². The first-order chi connectivity index (χ1) is 21.2. The normalized spacial score (nSPS) is 25.9. The third kappa shape index (κ3) is 6.49. The highest BCUT2D eigenvalue weighted by Crippen LogP contribution is 2.45. The summed E-state index contributed by atoms with van der Waals surface area (Å²) >= 11 is 0. The summed E-state index contributed by atoms with van der Waals surface area (Å²) in [7, 11) is -4.39. The standard InChI is InChI=1S/C30H30F4N2O8S/c1-43-23-14-22(31)24(44-19-9-7-15(8-10-19)29(39)40)13-21(23)27(37)36-26-17-6-5-16(11-17)25(26)28(38)35-18-3-2-4-20(12-18)45(41,42)30(32,33)34/h2-6,12-17,19,25-26H,7-11H2,1H3,(H,35,38)(H,36,37)(H,39,40)/t15?,16-,17+,19?,25+,26-/m0/s1. The van der Waals surface area contributed by atoms with Crippen molar-refractivity contribution in [1.82, 2.24) is 5.32 Å². The molecule has 0 aromatic heterocycles. The van der Waals surface area contributed by atoms with Gasteiger partial charge in [0, 0.05) is 17.8 Å². The minimum absolute atomic E-state index is 0.0657. The second kappa shape index (κ2) is 12.3. The highest BCUT2D eigenvalue weighted by molar-refractivity contribution is 7.92. The van der Waals surface area contributed by atoms with Crippen molar-refractivity contribution in [3.8, 4) is 11.5 Å². The van der Waals surface area contributed by atoms with Crippen LogP contribution in [0.25, 0.3) is 0 Å².